The molecule has 0 aliphatic carbocycles. The van der Waals surface area contributed by atoms with Gasteiger partial charge in [0.05, 0.1) is 0 Å². The number of rotatable bonds is 11. The van der Waals surface area contributed by atoms with Gasteiger partial charge in [0.15, 0.2) is 0 Å². The van der Waals surface area contributed by atoms with Crippen LogP contribution in [0.1, 0.15) is 76.3 Å². The molecule has 0 aromatic heterocycles. The summed E-state index contributed by atoms with van der Waals surface area (Å²) < 4.78 is 0. The van der Waals surface area contributed by atoms with Crippen LogP contribution in [0.3, 0.4) is 0 Å². The topological polar surface area (TPSA) is 0 Å². The Morgan fingerprint density at radius 2 is 1.30 bits per heavy atom. The molecule has 154 valence electrons. The van der Waals surface area contributed by atoms with E-state index in [0.717, 1.165) is 0 Å². The fourth-order valence-corrected chi connectivity index (χ4v) is 6.16. The zero-order valence-corrected chi connectivity index (χ0v) is 23.6. The largest absolute Gasteiger partial charge is 1.00 e. The van der Waals surface area contributed by atoms with Crippen molar-refractivity contribution in [3.05, 3.63) is 35.4 Å². The van der Waals surface area contributed by atoms with Crippen LogP contribution < -0.4 is 30.1 Å². The van der Waals surface area contributed by atoms with E-state index in [1.54, 1.807) is 5.30 Å². The van der Waals surface area contributed by atoms with Crippen LogP contribution in [0, 0.1) is 13.8 Å². The number of halogens is 2. The first kappa shape index (κ1) is 29.9. The van der Waals surface area contributed by atoms with Gasteiger partial charge in [0, 0.05) is 25.8 Å². The minimum atomic E-state index is 0. The maximum atomic E-state index is 2.53. The van der Waals surface area contributed by atoms with E-state index in [4.69, 9.17) is 0 Å². The summed E-state index contributed by atoms with van der Waals surface area (Å²) in [4.78, 5) is 0. The first-order chi connectivity index (χ1) is 11.7. The molecule has 0 spiro atoms. The van der Waals surface area contributed by atoms with E-state index in [1.807, 2.05) is 0 Å². The third kappa shape index (κ3) is 9.37. The van der Waals surface area contributed by atoms with Gasteiger partial charge >= 0.3 is 0 Å². The predicted octanol–water partition coefficient (Wildman–Crippen LogP) is 1.45. The van der Waals surface area contributed by atoms with Gasteiger partial charge in [-0.2, -0.15) is 6.07 Å². The van der Waals surface area contributed by atoms with Crippen LogP contribution in [0.4, 0.5) is 0 Å². The Morgan fingerprint density at radius 3 is 1.78 bits per heavy atom. The molecule has 0 amide bonds. The van der Waals surface area contributed by atoms with Gasteiger partial charge in [0.2, 0.25) is 0 Å². The van der Waals surface area contributed by atoms with Crippen molar-refractivity contribution in [1.29, 1.82) is 0 Å². The third-order valence-corrected chi connectivity index (χ3v) is 7.94. The number of aryl methyl sites for hydroxylation is 2. The fraction of sp³-hybridized carbons (Fsp3) is 0.609. The monoisotopic (exact) mass is 593 g/mol. The van der Waals surface area contributed by atoms with Crippen molar-refractivity contribution >= 4 is 24.0 Å². The van der Waals surface area contributed by atoms with Crippen LogP contribution in [-0.4, -0.2) is 12.3 Å². The molecule has 0 radical (unpaired) electrons. The van der Waals surface area contributed by atoms with Crippen molar-refractivity contribution in [2.75, 3.05) is 12.3 Å². The van der Waals surface area contributed by atoms with Crippen molar-refractivity contribution in [3.63, 3.8) is 0 Å². The molecule has 0 saturated carbocycles. The summed E-state index contributed by atoms with van der Waals surface area (Å²) in [5, 5.41) is 4.67. The SMILES string of the molecule is CCCCCCP(CCCCCC)c1cc2c(C)ccc(C)c2[cH-]1.[Cl-].[Cl-].[Hf]. The molecular weight excluding hydrogens is 557 g/mol. The zero-order valence-electron chi connectivity index (χ0n) is 17.6. The van der Waals surface area contributed by atoms with Crippen LogP contribution in [0.15, 0.2) is 24.3 Å². The maximum absolute atomic E-state index is 2.53. The van der Waals surface area contributed by atoms with Gasteiger partial charge in [-0.25, -0.2) is 0 Å². The molecule has 0 N–H and O–H groups in total. The maximum Gasteiger partial charge on any atom is 0 e. The van der Waals surface area contributed by atoms with Crippen LogP contribution in [0.2, 0.25) is 0 Å². The molecule has 0 unspecified atom stereocenters. The van der Waals surface area contributed by atoms with Crippen molar-refractivity contribution in [1.82, 2.24) is 0 Å². The van der Waals surface area contributed by atoms with E-state index in [-0.39, 0.29) is 58.6 Å². The van der Waals surface area contributed by atoms with Gasteiger partial charge in [0.25, 0.3) is 0 Å². The molecule has 0 nitrogen and oxygen atoms in total. The summed E-state index contributed by atoms with van der Waals surface area (Å²) in [6.45, 7) is 9.14. The first-order valence-electron chi connectivity index (χ1n) is 10.1. The molecule has 27 heavy (non-hydrogen) atoms. The summed E-state index contributed by atoms with van der Waals surface area (Å²) >= 11 is 0. The van der Waals surface area contributed by atoms with Crippen molar-refractivity contribution in [2.45, 2.75) is 79.1 Å². The van der Waals surface area contributed by atoms with Crippen LogP contribution in [-0.2, 0) is 25.8 Å². The average molecular weight is 593 g/mol. The Bertz CT molecular complexity index is 573. The third-order valence-electron chi connectivity index (χ3n) is 5.24. The summed E-state index contributed by atoms with van der Waals surface area (Å²) in [5.41, 5.74) is 2.88. The number of hydrogen-bond acceptors (Lipinski definition) is 0. The second-order valence-electron chi connectivity index (χ2n) is 7.35. The smallest absolute Gasteiger partial charge is 0 e. The summed E-state index contributed by atoms with van der Waals surface area (Å²) in [5.74, 6) is 0. The normalized spacial score (nSPS) is 10.4. The van der Waals surface area contributed by atoms with Crippen molar-refractivity contribution < 1.29 is 50.7 Å². The number of fused-ring (bicyclic) bond motifs is 1. The Morgan fingerprint density at radius 1 is 0.778 bits per heavy atom. The molecule has 0 aliphatic heterocycles. The van der Waals surface area contributed by atoms with E-state index in [9.17, 15) is 0 Å². The zero-order chi connectivity index (χ0) is 17.4. The molecule has 2 aromatic rings. The first-order valence-corrected chi connectivity index (χ1v) is 11.8. The van der Waals surface area contributed by atoms with Gasteiger partial charge in [-0.15, -0.1) is 33.8 Å². The minimum Gasteiger partial charge on any atom is -1.00 e. The van der Waals surface area contributed by atoms with Crippen LogP contribution in [0.5, 0.6) is 0 Å². The average Bonchev–Trinajstić information content (AvgIpc) is 3.03. The minimum absolute atomic E-state index is 0. The van der Waals surface area contributed by atoms with Gasteiger partial charge in [-0.3, -0.25) is 0 Å². The Kier molecular flexibility index (Phi) is 18.3. The van der Waals surface area contributed by atoms with E-state index >= 15 is 0 Å². The molecular formula is C23H36Cl2HfP-3. The summed E-state index contributed by atoms with van der Waals surface area (Å²) in [6, 6.07) is 9.63. The molecule has 0 fully saturated rings. The summed E-state index contributed by atoms with van der Waals surface area (Å²) in [6.07, 6.45) is 14.1. The van der Waals surface area contributed by atoms with Gasteiger partial charge in [0.1, 0.15) is 0 Å². The Labute approximate surface area is 200 Å². The van der Waals surface area contributed by atoms with Crippen LogP contribution >= 0.6 is 7.92 Å². The molecule has 4 heteroatoms. The standard InChI is InChI=1S/C23H36P.2ClH.Hf/c1-5-7-9-11-15-24(16-12-10-8-6-2)21-17-22-19(3)13-14-20(4)23(22)18-21;;;/h13-14,17-18H,5-12,15-16H2,1-4H3;2*1H;/q-1;;;/p-2. The molecule has 0 saturated heterocycles. The van der Waals surface area contributed by atoms with Gasteiger partial charge < -0.3 is 24.8 Å². The van der Waals surface area contributed by atoms with E-state index in [2.05, 4.69) is 52.0 Å². The molecule has 2 rings (SSSR count). The predicted molar refractivity (Wildman–Crippen MR) is 114 cm³/mol. The van der Waals surface area contributed by atoms with Crippen LogP contribution in [0.25, 0.3) is 10.8 Å². The van der Waals surface area contributed by atoms with E-state index < -0.39 is 0 Å². The van der Waals surface area contributed by atoms with Crippen molar-refractivity contribution in [3.8, 4) is 0 Å². The van der Waals surface area contributed by atoms with Gasteiger partial charge in [-0.05, 0) is 32.1 Å². The molecule has 0 aliphatic rings. The second kappa shape index (κ2) is 16.5. The number of benzene rings is 1. The van der Waals surface area contributed by atoms with Gasteiger partial charge in [-0.1, -0.05) is 78.8 Å². The van der Waals surface area contributed by atoms with E-state index in [1.165, 1.54) is 85.6 Å². The van der Waals surface area contributed by atoms with E-state index in [0.29, 0.717) is 0 Å². The molecule has 2 aromatic carbocycles. The Hall–Kier alpha value is 0.710. The quantitative estimate of drug-likeness (QED) is 0.161. The second-order valence-corrected chi connectivity index (χ2v) is 9.84. The molecule has 0 heterocycles. The Balaban J connectivity index is 0. The molecule has 0 atom stereocenters. The number of hydrogen-bond donors (Lipinski definition) is 0. The summed E-state index contributed by atoms with van der Waals surface area (Å²) in [7, 11) is 0.0394. The number of unbranched alkanes of at least 4 members (excludes halogenated alkanes) is 6. The fourth-order valence-electron chi connectivity index (χ4n) is 3.59. The molecule has 0 bridgehead atoms. The van der Waals surface area contributed by atoms with Crippen molar-refractivity contribution in [2.24, 2.45) is 0 Å².